The molecule has 0 saturated heterocycles. The third-order valence-electron chi connectivity index (χ3n) is 3.74. The summed E-state index contributed by atoms with van der Waals surface area (Å²) in [6.07, 6.45) is 5.89. The molecule has 0 aromatic heterocycles. The van der Waals surface area contributed by atoms with Gasteiger partial charge in [0.1, 0.15) is 0 Å². The summed E-state index contributed by atoms with van der Waals surface area (Å²) in [6, 6.07) is 5.85. The number of hydrogen-bond donors (Lipinski definition) is 1. The van der Waals surface area contributed by atoms with E-state index in [4.69, 9.17) is 0 Å². The fourth-order valence-corrected chi connectivity index (χ4v) is 3.28. The Kier molecular flexibility index (Phi) is 4.10. The molecule has 1 aliphatic rings. The SMILES string of the molecule is Cc1ccc(C(=O)NC2(C)CCCCC2)c(Br)c1. The fraction of sp³-hybridized carbons (Fsp3) is 0.533. The number of carbonyl (C=O) groups is 1. The van der Waals surface area contributed by atoms with E-state index in [1.165, 1.54) is 19.3 Å². The Balaban J connectivity index is 2.11. The molecule has 0 bridgehead atoms. The summed E-state index contributed by atoms with van der Waals surface area (Å²) in [6.45, 7) is 4.18. The number of carbonyl (C=O) groups excluding carboxylic acids is 1. The van der Waals surface area contributed by atoms with Crippen molar-refractivity contribution in [2.75, 3.05) is 0 Å². The molecule has 3 heteroatoms. The highest BCUT2D eigenvalue weighted by molar-refractivity contribution is 9.10. The largest absolute Gasteiger partial charge is 0.347 e. The van der Waals surface area contributed by atoms with Crippen LogP contribution in [0.3, 0.4) is 0 Å². The molecule has 0 spiro atoms. The number of halogens is 1. The maximum Gasteiger partial charge on any atom is 0.252 e. The minimum atomic E-state index is -0.0281. The van der Waals surface area contributed by atoms with Gasteiger partial charge in [-0.3, -0.25) is 4.79 Å². The summed E-state index contributed by atoms with van der Waals surface area (Å²) < 4.78 is 0.874. The van der Waals surface area contributed by atoms with Gasteiger partial charge in [0.05, 0.1) is 5.56 Å². The lowest BCUT2D eigenvalue weighted by Crippen LogP contribution is -2.47. The molecule has 1 amide bonds. The van der Waals surface area contributed by atoms with Crippen LogP contribution in [0.2, 0.25) is 0 Å². The van der Waals surface area contributed by atoms with E-state index in [0.717, 1.165) is 28.4 Å². The third-order valence-corrected chi connectivity index (χ3v) is 4.40. The first kappa shape index (κ1) is 13.6. The lowest BCUT2D eigenvalue weighted by atomic mass is 9.83. The minimum absolute atomic E-state index is 0.0281. The third kappa shape index (κ3) is 3.14. The summed E-state index contributed by atoms with van der Waals surface area (Å²) in [5.74, 6) is 0.0336. The molecule has 0 radical (unpaired) electrons. The molecule has 2 rings (SSSR count). The number of aryl methyl sites for hydroxylation is 1. The molecular weight excluding hydrogens is 290 g/mol. The maximum atomic E-state index is 12.3. The molecule has 1 aromatic carbocycles. The van der Waals surface area contributed by atoms with Crippen LogP contribution in [0.4, 0.5) is 0 Å². The fourth-order valence-electron chi connectivity index (χ4n) is 2.60. The van der Waals surface area contributed by atoms with Crippen LogP contribution >= 0.6 is 15.9 Å². The molecule has 1 saturated carbocycles. The van der Waals surface area contributed by atoms with E-state index in [1.807, 2.05) is 25.1 Å². The summed E-state index contributed by atoms with van der Waals surface area (Å²) in [5, 5.41) is 3.20. The molecule has 0 aliphatic heterocycles. The molecule has 2 nitrogen and oxygen atoms in total. The Morgan fingerprint density at radius 2 is 1.94 bits per heavy atom. The maximum absolute atomic E-state index is 12.3. The highest BCUT2D eigenvalue weighted by Crippen LogP contribution is 2.28. The van der Waals surface area contributed by atoms with Crippen molar-refractivity contribution in [1.29, 1.82) is 0 Å². The monoisotopic (exact) mass is 309 g/mol. The second kappa shape index (κ2) is 5.43. The normalized spacial score (nSPS) is 18.4. The van der Waals surface area contributed by atoms with Crippen LogP contribution in [0.15, 0.2) is 22.7 Å². The van der Waals surface area contributed by atoms with Crippen LogP contribution in [-0.4, -0.2) is 11.4 Å². The van der Waals surface area contributed by atoms with Gasteiger partial charge in [-0.15, -0.1) is 0 Å². The van der Waals surface area contributed by atoms with Crippen LogP contribution in [-0.2, 0) is 0 Å². The van der Waals surface area contributed by atoms with Crippen molar-refractivity contribution in [1.82, 2.24) is 5.32 Å². The number of benzene rings is 1. The summed E-state index contributed by atoms with van der Waals surface area (Å²) in [5.41, 5.74) is 1.86. The van der Waals surface area contributed by atoms with Gasteiger partial charge in [-0.1, -0.05) is 25.3 Å². The summed E-state index contributed by atoms with van der Waals surface area (Å²) in [4.78, 5) is 12.3. The highest BCUT2D eigenvalue weighted by Gasteiger charge is 2.29. The van der Waals surface area contributed by atoms with E-state index in [1.54, 1.807) is 0 Å². The summed E-state index contributed by atoms with van der Waals surface area (Å²) in [7, 11) is 0. The van der Waals surface area contributed by atoms with E-state index in [0.29, 0.717) is 0 Å². The highest BCUT2D eigenvalue weighted by atomic mass is 79.9. The molecule has 0 atom stereocenters. The number of amides is 1. The van der Waals surface area contributed by atoms with Gasteiger partial charge in [-0.25, -0.2) is 0 Å². The lowest BCUT2D eigenvalue weighted by Gasteiger charge is -2.34. The quantitative estimate of drug-likeness (QED) is 0.871. The zero-order valence-electron chi connectivity index (χ0n) is 11.1. The van der Waals surface area contributed by atoms with Crippen molar-refractivity contribution in [2.45, 2.75) is 51.5 Å². The standard InChI is InChI=1S/C15H20BrNO/c1-11-6-7-12(13(16)10-11)14(18)17-15(2)8-4-3-5-9-15/h6-7,10H,3-5,8-9H2,1-2H3,(H,17,18). The van der Waals surface area contributed by atoms with Gasteiger partial charge < -0.3 is 5.32 Å². The van der Waals surface area contributed by atoms with E-state index in [9.17, 15) is 4.79 Å². The molecule has 1 fully saturated rings. The van der Waals surface area contributed by atoms with Crippen LogP contribution in [0.5, 0.6) is 0 Å². The molecule has 98 valence electrons. The van der Waals surface area contributed by atoms with E-state index in [2.05, 4.69) is 28.2 Å². The predicted molar refractivity (Wildman–Crippen MR) is 77.8 cm³/mol. The van der Waals surface area contributed by atoms with Gasteiger partial charge in [-0.2, -0.15) is 0 Å². The Morgan fingerprint density at radius 3 is 2.56 bits per heavy atom. The molecule has 0 unspecified atom stereocenters. The average molecular weight is 310 g/mol. The van der Waals surface area contributed by atoms with Crippen molar-refractivity contribution >= 4 is 21.8 Å². The van der Waals surface area contributed by atoms with Gasteiger partial charge in [0.25, 0.3) is 5.91 Å². The number of hydrogen-bond acceptors (Lipinski definition) is 1. The minimum Gasteiger partial charge on any atom is -0.347 e. The number of rotatable bonds is 2. The predicted octanol–water partition coefficient (Wildman–Crippen LogP) is 4.21. The lowest BCUT2D eigenvalue weighted by molar-refractivity contribution is 0.0882. The van der Waals surface area contributed by atoms with Gasteiger partial charge in [-0.05, 0) is 60.3 Å². The van der Waals surface area contributed by atoms with Gasteiger partial charge >= 0.3 is 0 Å². The molecule has 1 aliphatic carbocycles. The summed E-state index contributed by atoms with van der Waals surface area (Å²) >= 11 is 3.47. The van der Waals surface area contributed by atoms with Crippen LogP contribution in [0.25, 0.3) is 0 Å². The Morgan fingerprint density at radius 1 is 1.28 bits per heavy atom. The molecule has 1 aromatic rings. The second-order valence-corrected chi connectivity index (χ2v) is 6.41. The number of nitrogens with one attached hydrogen (secondary N) is 1. The van der Waals surface area contributed by atoms with Gasteiger partial charge in [0.2, 0.25) is 0 Å². The van der Waals surface area contributed by atoms with Gasteiger partial charge in [0.15, 0.2) is 0 Å². The Labute approximate surface area is 117 Å². The molecule has 18 heavy (non-hydrogen) atoms. The second-order valence-electron chi connectivity index (χ2n) is 5.56. The zero-order chi connectivity index (χ0) is 13.2. The first-order valence-corrected chi connectivity index (χ1v) is 7.38. The molecule has 0 heterocycles. The molecule has 1 N–H and O–H groups in total. The van der Waals surface area contributed by atoms with Crippen LogP contribution in [0, 0.1) is 6.92 Å². The van der Waals surface area contributed by atoms with Gasteiger partial charge in [0, 0.05) is 10.0 Å². The van der Waals surface area contributed by atoms with Crippen molar-refractivity contribution in [3.05, 3.63) is 33.8 Å². The van der Waals surface area contributed by atoms with Crippen LogP contribution < -0.4 is 5.32 Å². The zero-order valence-corrected chi connectivity index (χ0v) is 12.6. The Bertz CT molecular complexity index is 450. The molecular formula is C15H20BrNO. The van der Waals surface area contributed by atoms with E-state index in [-0.39, 0.29) is 11.4 Å². The van der Waals surface area contributed by atoms with Crippen molar-refractivity contribution in [3.8, 4) is 0 Å². The average Bonchev–Trinajstić information content (AvgIpc) is 2.28. The topological polar surface area (TPSA) is 29.1 Å². The van der Waals surface area contributed by atoms with Crippen LogP contribution in [0.1, 0.15) is 54.9 Å². The van der Waals surface area contributed by atoms with Crippen molar-refractivity contribution in [2.24, 2.45) is 0 Å². The first-order valence-electron chi connectivity index (χ1n) is 6.59. The van der Waals surface area contributed by atoms with Crippen molar-refractivity contribution < 1.29 is 4.79 Å². The smallest absolute Gasteiger partial charge is 0.252 e. The Hall–Kier alpha value is -0.830. The van der Waals surface area contributed by atoms with E-state index < -0.39 is 0 Å². The first-order chi connectivity index (χ1) is 8.50. The van der Waals surface area contributed by atoms with Crippen molar-refractivity contribution in [3.63, 3.8) is 0 Å². The van der Waals surface area contributed by atoms with E-state index >= 15 is 0 Å².